The summed E-state index contributed by atoms with van der Waals surface area (Å²) < 4.78 is 10.3. The van der Waals surface area contributed by atoms with Crippen molar-refractivity contribution in [2.75, 3.05) is 11.9 Å². The van der Waals surface area contributed by atoms with Crippen LogP contribution in [0.4, 0.5) is 10.5 Å². The monoisotopic (exact) mass is 275 g/mol. The van der Waals surface area contributed by atoms with Gasteiger partial charge in [-0.2, -0.15) is 0 Å². The number of carbonyl (C=O) groups excluding carboxylic acids is 1. The van der Waals surface area contributed by atoms with Crippen LogP contribution in [0.5, 0.6) is 5.75 Å². The molecule has 1 aliphatic heterocycles. The minimum Gasteiger partial charge on any atom is -0.457 e. The highest BCUT2D eigenvalue weighted by Gasteiger charge is 2.14. The molecule has 1 amide bonds. The Morgan fingerprint density at radius 1 is 1.40 bits per heavy atom. The Hall–Kier alpha value is -2.23. The molecule has 108 valence electrons. The molecule has 0 fully saturated rings. The van der Waals surface area contributed by atoms with E-state index in [4.69, 9.17) is 9.47 Å². The van der Waals surface area contributed by atoms with Crippen molar-refractivity contribution >= 4 is 17.4 Å². The lowest BCUT2D eigenvalue weighted by atomic mass is 10.0. The number of benzene rings is 1. The second-order valence-electron chi connectivity index (χ2n) is 3.95. The lowest BCUT2D eigenvalue weighted by Crippen LogP contribution is -2.13. The Bertz CT molecular complexity index is 533. The Kier molecular flexibility index (Phi) is 5.84. The topological polar surface area (TPSA) is 47.6 Å². The number of nitrogens with one attached hydrogen (secondary N) is 1. The van der Waals surface area contributed by atoms with Crippen LogP contribution in [0.1, 0.15) is 33.3 Å². The van der Waals surface area contributed by atoms with Gasteiger partial charge in [-0.25, -0.2) is 4.79 Å². The minimum absolute atomic E-state index is 0.339. The summed E-state index contributed by atoms with van der Waals surface area (Å²) in [5.41, 5.74) is 2.72. The largest absolute Gasteiger partial charge is 0.457 e. The maximum absolute atomic E-state index is 11.3. The lowest BCUT2D eigenvalue weighted by molar-refractivity contribution is 0.168. The molecule has 1 aromatic rings. The van der Waals surface area contributed by atoms with E-state index in [1.165, 1.54) is 0 Å². The predicted octanol–water partition coefficient (Wildman–Crippen LogP) is 4.59. The molecule has 0 aliphatic carbocycles. The second-order valence-corrected chi connectivity index (χ2v) is 3.95. The van der Waals surface area contributed by atoms with E-state index in [1.54, 1.807) is 13.0 Å². The highest BCUT2D eigenvalue weighted by Crippen LogP contribution is 2.34. The number of fused-ring (bicyclic) bond motifs is 1. The Morgan fingerprint density at radius 3 is 2.75 bits per heavy atom. The third-order valence-corrected chi connectivity index (χ3v) is 2.55. The average molecular weight is 275 g/mol. The zero-order chi connectivity index (χ0) is 15.1. The van der Waals surface area contributed by atoms with Gasteiger partial charge in [0.15, 0.2) is 0 Å². The number of allylic oxidation sites excluding steroid dienone is 2. The Labute approximate surface area is 120 Å². The van der Waals surface area contributed by atoms with Crippen molar-refractivity contribution < 1.29 is 14.3 Å². The van der Waals surface area contributed by atoms with Gasteiger partial charge in [-0.3, -0.25) is 5.32 Å². The quantitative estimate of drug-likeness (QED) is 0.858. The fraction of sp³-hybridized carbons (Fsp3) is 0.312. The van der Waals surface area contributed by atoms with E-state index < -0.39 is 6.09 Å². The first-order chi connectivity index (χ1) is 9.60. The van der Waals surface area contributed by atoms with Crippen molar-refractivity contribution in [2.24, 2.45) is 0 Å². The minimum atomic E-state index is -0.473. The van der Waals surface area contributed by atoms with Gasteiger partial charge in [-0.1, -0.05) is 20.4 Å². The molecule has 0 spiro atoms. The first-order valence-corrected chi connectivity index (χ1v) is 6.73. The molecule has 0 aromatic heterocycles. The molecule has 0 bridgehead atoms. The van der Waals surface area contributed by atoms with Gasteiger partial charge in [0.05, 0.1) is 6.61 Å². The summed E-state index contributed by atoms with van der Waals surface area (Å²) in [4.78, 5) is 11.3. The van der Waals surface area contributed by atoms with Crippen molar-refractivity contribution in [2.45, 2.75) is 27.7 Å². The molecule has 1 aromatic carbocycles. The van der Waals surface area contributed by atoms with E-state index in [2.05, 4.69) is 11.9 Å². The van der Waals surface area contributed by atoms with Crippen LogP contribution in [0, 0.1) is 0 Å². The van der Waals surface area contributed by atoms with Crippen LogP contribution < -0.4 is 10.1 Å². The summed E-state index contributed by atoms with van der Waals surface area (Å²) in [6.45, 7) is 11.9. The standard InChI is InChI=1S/C14H15NO3.C2H6/c1-4-17-14(16)15-11-5-6-12-9(2)7-10(3)18-13(12)8-11;1-2/h5-8H,3-4H2,1-2H3,(H,15,16);1-2H3. The van der Waals surface area contributed by atoms with Gasteiger partial charge < -0.3 is 9.47 Å². The molecule has 1 aliphatic rings. The maximum Gasteiger partial charge on any atom is 0.411 e. The maximum atomic E-state index is 11.3. The third kappa shape index (κ3) is 3.88. The summed E-state index contributed by atoms with van der Waals surface area (Å²) in [5, 5.41) is 2.63. The molecule has 1 N–H and O–H groups in total. The smallest absolute Gasteiger partial charge is 0.411 e. The summed E-state index contributed by atoms with van der Waals surface area (Å²) in [5.74, 6) is 1.28. The molecule has 4 nitrogen and oxygen atoms in total. The van der Waals surface area contributed by atoms with Gasteiger partial charge in [-0.05, 0) is 37.6 Å². The summed E-state index contributed by atoms with van der Waals surface area (Å²) >= 11 is 0. The van der Waals surface area contributed by atoms with Gasteiger partial charge >= 0.3 is 6.09 Å². The van der Waals surface area contributed by atoms with Gasteiger partial charge in [-0.15, -0.1) is 0 Å². The molecule has 4 heteroatoms. The molecular formula is C16H21NO3. The summed E-state index contributed by atoms with van der Waals surface area (Å²) in [6, 6.07) is 5.47. The van der Waals surface area contributed by atoms with Gasteiger partial charge in [0.1, 0.15) is 11.5 Å². The van der Waals surface area contributed by atoms with E-state index in [1.807, 2.05) is 39.0 Å². The number of hydrogen-bond donors (Lipinski definition) is 1. The summed E-state index contributed by atoms with van der Waals surface area (Å²) in [6.07, 6.45) is 1.40. The van der Waals surface area contributed by atoms with Crippen LogP contribution in [0.15, 0.2) is 36.6 Å². The lowest BCUT2D eigenvalue weighted by Gasteiger charge is -2.18. The fourth-order valence-corrected chi connectivity index (χ4v) is 1.79. The average Bonchev–Trinajstić information content (AvgIpc) is 2.40. The molecule has 0 atom stereocenters. The highest BCUT2D eigenvalue weighted by molar-refractivity contribution is 5.86. The van der Waals surface area contributed by atoms with Crippen LogP contribution in [0.3, 0.4) is 0 Å². The molecule has 0 saturated heterocycles. The zero-order valence-electron chi connectivity index (χ0n) is 12.4. The molecule has 1 heterocycles. The van der Waals surface area contributed by atoms with Crippen LogP contribution in [0.2, 0.25) is 0 Å². The number of carbonyl (C=O) groups is 1. The van der Waals surface area contributed by atoms with E-state index >= 15 is 0 Å². The van der Waals surface area contributed by atoms with Crippen LogP contribution >= 0.6 is 0 Å². The normalized spacial score (nSPS) is 12.2. The second kappa shape index (κ2) is 7.38. The Balaban J connectivity index is 0.000000956. The van der Waals surface area contributed by atoms with Crippen molar-refractivity contribution in [3.05, 3.63) is 42.2 Å². The molecular weight excluding hydrogens is 254 g/mol. The first kappa shape index (κ1) is 15.8. The number of hydrogen-bond acceptors (Lipinski definition) is 3. The van der Waals surface area contributed by atoms with Crippen molar-refractivity contribution in [3.63, 3.8) is 0 Å². The molecule has 0 saturated carbocycles. The van der Waals surface area contributed by atoms with Crippen molar-refractivity contribution in [3.8, 4) is 5.75 Å². The SMILES string of the molecule is C=C1C=C(C)c2ccc(NC(=O)OCC)cc2O1.CC. The van der Waals surface area contributed by atoms with Crippen molar-refractivity contribution in [1.82, 2.24) is 0 Å². The molecule has 0 unspecified atom stereocenters. The number of ether oxygens (including phenoxy) is 2. The Morgan fingerprint density at radius 2 is 2.10 bits per heavy atom. The molecule has 20 heavy (non-hydrogen) atoms. The molecule has 0 radical (unpaired) electrons. The highest BCUT2D eigenvalue weighted by atomic mass is 16.5. The fourth-order valence-electron chi connectivity index (χ4n) is 1.79. The number of anilines is 1. The van der Waals surface area contributed by atoms with E-state index in [9.17, 15) is 4.79 Å². The number of rotatable bonds is 2. The van der Waals surface area contributed by atoms with E-state index in [-0.39, 0.29) is 0 Å². The predicted molar refractivity (Wildman–Crippen MR) is 81.9 cm³/mol. The van der Waals surface area contributed by atoms with Crippen LogP contribution in [-0.4, -0.2) is 12.7 Å². The van der Waals surface area contributed by atoms with Gasteiger partial charge in [0, 0.05) is 17.3 Å². The third-order valence-electron chi connectivity index (χ3n) is 2.55. The van der Waals surface area contributed by atoms with Crippen LogP contribution in [0.25, 0.3) is 5.57 Å². The molecule has 2 rings (SSSR count). The van der Waals surface area contributed by atoms with E-state index in [0.717, 1.165) is 11.1 Å². The van der Waals surface area contributed by atoms with Gasteiger partial charge in [0.2, 0.25) is 0 Å². The first-order valence-electron chi connectivity index (χ1n) is 6.73. The van der Waals surface area contributed by atoms with Crippen molar-refractivity contribution in [1.29, 1.82) is 0 Å². The summed E-state index contributed by atoms with van der Waals surface area (Å²) in [7, 11) is 0. The van der Waals surface area contributed by atoms with Crippen LogP contribution in [-0.2, 0) is 4.74 Å². The number of amides is 1. The zero-order valence-corrected chi connectivity index (χ0v) is 12.4. The van der Waals surface area contributed by atoms with Gasteiger partial charge in [0.25, 0.3) is 0 Å². The van der Waals surface area contributed by atoms with E-state index in [0.29, 0.717) is 23.8 Å².